The van der Waals surface area contributed by atoms with E-state index in [1.807, 2.05) is 6.92 Å². The van der Waals surface area contributed by atoms with E-state index in [-0.39, 0.29) is 12.1 Å². The van der Waals surface area contributed by atoms with Gasteiger partial charge < -0.3 is 15.2 Å². The molecule has 20 heavy (non-hydrogen) atoms. The van der Waals surface area contributed by atoms with Crippen molar-refractivity contribution in [3.8, 4) is 0 Å². The van der Waals surface area contributed by atoms with Gasteiger partial charge in [0, 0.05) is 18.3 Å². The molecule has 1 spiro atoms. The maximum Gasteiger partial charge on any atom is 0.201 e. The molecule has 5 aliphatic rings. The van der Waals surface area contributed by atoms with E-state index in [0.717, 1.165) is 19.3 Å². The first kappa shape index (κ1) is 13.5. The molecule has 0 amide bonds. The smallest absolute Gasteiger partial charge is 0.201 e. The number of fused-ring (bicyclic) bond motifs is 2. The predicted octanol–water partition coefficient (Wildman–Crippen LogP) is 2.15. The van der Waals surface area contributed by atoms with Crippen molar-refractivity contribution >= 4 is 0 Å². The Bertz CT molecular complexity index is 415. The van der Waals surface area contributed by atoms with Gasteiger partial charge in [0.1, 0.15) is 6.23 Å². The summed E-state index contributed by atoms with van der Waals surface area (Å²) in [5.41, 5.74) is 5.71. The summed E-state index contributed by atoms with van der Waals surface area (Å²) in [7, 11) is 0. The average Bonchev–Trinajstić information content (AvgIpc) is 2.63. The van der Waals surface area contributed by atoms with Crippen LogP contribution in [0.15, 0.2) is 0 Å². The van der Waals surface area contributed by atoms with E-state index in [9.17, 15) is 0 Å². The van der Waals surface area contributed by atoms with E-state index >= 15 is 0 Å². The molecular formula is C15H25NO4. The van der Waals surface area contributed by atoms with Crippen molar-refractivity contribution in [3.05, 3.63) is 0 Å². The number of rotatable bonds is 0. The van der Waals surface area contributed by atoms with Crippen molar-refractivity contribution in [3.63, 3.8) is 0 Å². The molecule has 4 aliphatic heterocycles. The van der Waals surface area contributed by atoms with Crippen LogP contribution < -0.4 is 5.73 Å². The molecule has 1 saturated carbocycles. The molecular weight excluding hydrogens is 258 g/mol. The van der Waals surface area contributed by atoms with E-state index in [4.69, 9.17) is 25.0 Å². The fourth-order valence-electron chi connectivity index (χ4n) is 4.93. The normalized spacial score (nSPS) is 61.8. The Morgan fingerprint density at radius 3 is 2.65 bits per heavy atom. The first-order chi connectivity index (χ1) is 9.46. The molecule has 5 fully saturated rings. The van der Waals surface area contributed by atoms with E-state index < -0.39 is 17.7 Å². The molecule has 2 N–H and O–H groups in total. The van der Waals surface area contributed by atoms with Crippen LogP contribution in [0.3, 0.4) is 0 Å². The van der Waals surface area contributed by atoms with Crippen molar-refractivity contribution in [1.82, 2.24) is 0 Å². The van der Waals surface area contributed by atoms with E-state index in [1.165, 1.54) is 6.42 Å². The molecule has 114 valence electrons. The summed E-state index contributed by atoms with van der Waals surface area (Å²) in [6.07, 6.45) is 3.57. The van der Waals surface area contributed by atoms with Crippen LogP contribution in [0.1, 0.15) is 46.5 Å². The van der Waals surface area contributed by atoms with Crippen LogP contribution in [0.2, 0.25) is 0 Å². The Kier molecular flexibility index (Phi) is 2.81. The number of nitrogens with two attached hydrogens (primary N) is 1. The lowest BCUT2D eigenvalue weighted by molar-refractivity contribution is -0.570. The Morgan fingerprint density at radius 2 is 1.85 bits per heavy atom. The second-order valence-electron chi connectivity index (χ2n) is 7.37. The van der Waals surface area contributed by atoms with Crippen LogP contribution >= 0.6 is 0 Å². The van der Waals surface area contributed by atoms with Crippen molar-refractivity contribution in [2.24, 2.45) is 29.4 Å². The molecule has 0 radical (unpaired) electrons. The molecule has 4 heterocycles. The zero-order valence-corrected chi connectivity index (χ0v) is 12.5. The van der Waals surface area contributed by atoms with Gasteiger partial charge in [-0.05, 0) is 38.0 Å². The summed E-state index contributed by atoms with van der Waals surface area (Å²) >= 11 is 0. The SMILES string of the molecule is C[C@H]1[C@H](N)O[C@@H]2OC3(C)CC[C@H]4[C@H](C)CC[C@@H]1[C@@]24OO3. The van der Waals surface area contributed by atoms with Crippen molar-refractivity contribution in [2.45, 2.75) is 70.4 Å². The maximum absolute atomic E-state index is 6.18. The van der Waals surface area contributed by atoms with Crippen molar-refractivity contribution in [2.75, 3.05) is 0 Å². The zero-order chi connectivity index (χ0) is 14.1. The standard InChI is InChI=1S/C15H25NO4/c1-8-4-5-11-9(2)12(16)17-13-15(11)10(8)6-7-14(3,18-13)19-20-15/h8-13H,4-7,16H2,1-3H3/t8-,9-,10+,11+,12-,13-,14?,15-/m1/s1. The highest BCUT2D eigenvalue weighted by molar-refractivity contribution is 5.09. The largest absolute Gasteiger partial charge is 0.331 e. The van der Waals surface area contributed by atoms with Crippen molar-refractivity contribution in [1.29, 1.82) is 0 Å². The van der Waals surface area contributed by atoms with Crippen molar-refractivity contribution < 1.29 is 19.2 Å². The lowest BCUT2D eigenvalue weighted by atomic mass is 9.58. The van der Waals surface area contributed by atoms with Gasteiger partial charge in [-0.2, -0.15) is 0 Å². The quantitative estimate of drug-likeness (QED) is 0.690. The van der Waals surface area contributed by atoms with Crippen LogP contribution in [0, 0.1) is 23.7 Å². The minimum atomic E-state index is -0.697. The summed E-state index contributed by atoms with van der Waals surface area (Å²) in [5, 5.41) is 0. The van der Waals surface area contributed by atoms with Gasteiger partial charge in [0.2, 0.25) is 5.79 Å². The van der Waals surface area contributed by atoms with Gasteiger partial charge in [0.05, 0.1) is 0 Å². The fraction of sp³-hybridized carbons (Fsp3) is 1.00. The third-order valence-electron chi connectivity index (χ3n) is 6.21. The molecule has 5 rings (SSSR count). The van der Waals surface area contributed by atoms with Gasteiger partial charge in [-0.25, -0.2) is 9.78 Å². The Balaban J connectivity index is 1.82. The Hall–Kier alpha value is -0.200. The van der Waals surface area contributed by atoms with Gasteiger partial charge in [0.25, 0.3) is 0 Å². The van der Waals surface area contributed by atoms with Gasteiger partial charge in [-0.1, -0.05) is 13.8 Å². The van der Waals surface area contributed by atoms with Gasteiger partial charge >= 0.3 is 0 Å². The van der Waals surface area contributed by atoms with Gasteiger partial charge in [-0.15, -0.1) is 0 Å². The molecule has 0 aromatic carbocycles. The topological polar surface area (TPSA) is 62.9 Å². The summed E-state index contributed by atoms with van der Waals surface area (Å²) in [6, 6.07) is 0. The molecule has 0 aromatic rings. The second kappa shape index (κ2) is 4.17. The second-order valence-corrected chi connectivity index (χ2v) is 7.37. The van der Waals surface area contributed by atoms with Crippen LogP contribution in [0.5, 0.6) is 0 Å². The van der Waals surface area contributed by atoms with Crippen LogP contribution in [0.25, 0.3) is 0 Å². The lowest BCUT2D eigenvalue weighted by Crippen LogP contribution is -2.71. The summed E-state index contributed by atoms with van der Waals surface area (Å²) in [4.78, 5) is 11.7. The molecule has 2 bridgehead atoms. The Morgan fingerprint density at radius 1 is 1.05 bits per heavy atom. The molecule has 5 heteroatoms. The van der Waals surface area contributed by atoms with Crippen LogP contribution in [0.4, 0.5) is 0 Å². The van der Waals surface area contributed by atoms with E-state index in [1.54, 1.807) is 0 Å². The lowest BCUT2D eigenvalue weighted by Gasteiger charge is -2.60. The molecule has 5 nitrogen and oxygen atoms in total. The summed E-state index contributed by atoms with van der Waals surface area (Å²) < 4.78 is 12.2. The maximum atomic E-state index is 6.18. The number of ether oxygens (including phenoxy) is 2. The minimum absolute atomic E-state index is 0.260. The zero-order valence-electron chi connectivity index (χ0n) is 12.5. The van der Waals surface area contributed by atoms with E-state index in [0.29, 0.717) is 17.8 Å². The van der Waals surface area contributed by atoms with Gasteiger partial charge in [0.15, 0.2) is 11.9 Å². The summed E-state index contributed by atoms with van der Waals surface area (Å²) in [5.74, 6) is 0.936. The third-order valence-corrected chi connectivity index (χ3v) is 6.21. The summed E-state index contributed by atoms with van der Waals surface area (Å²) in [6.45, 7) is 6.41. The number of hydrogen-bond donors (Lipinski definition) is 1. The molecule has 4 saturated heterocycles. The molecule has 1 unspecified atom stereocenters. The minimum Gasteiger partial charge on any atom is -0.331 e. The highest BCUT2D eigenvalue weighted by Gasteiger charge is 2.68. The van der Waals surface area contributed by atoms with Crippen LogP contribution in [-0.2, 0) is 19.2 Å². The molecule has 8 atom stereocenters. The molecule has 1 aliphatic carbocycles. The Labute approximate surface area is 120 Å². The molecule has 0 aromatic heterocycles. The highest BCUT2D eigenvalue weighted by Crippen LogP contribution is 2.60. The average molecular weight is 283 g/mol. The van der Waals surface area contributed by atoms with Crippen LogP contribution in [-0.4, -0.2) is 23.9 Å². The van der Waals surface area contributed by atoms with Gasteiger partial charge in [-0.3, -0.25) is 0 Å². The fourth-order valence-corrected chi connectivity index (χ4v) is 4.93. The third kappa shape index (κ3) is 1.56. The first-order valence-electron chi connectivity index (χ1n) is 7.92. The number of hydrogen-bond acceptors (Lipinski definition) is 5. The predicted molar refractivity (Wildman–Crippen MR) is 71.0 cm³/mol. The highest BCUT2D eigenvalue weighted by atomic mass is 17.3. The first-order valence-corrected chi connectivity index (χ1v) is 7.92. The van der Waals surface area contributed by atoms with E-state index in [2.05, 4.69) is 13.8 Å². The monoisotopic (exact) mass is 283 g/mol.